The van der Waals surface area contributed by atoms with Gasteiger partial charge in [0, 0.05) is 12.6 Å². The van der Waals surface area contributed by atoms with Crippen LogP contribution in [0.1, 0.15) is 66.2 Å². The van der Waals surface area contributed by atoms with Crippen LogP contribution in [-0.2, 0) is 16.6 Å². The average Bonchev–Trinajstić information content (AvgIpc) is 3.11. The van der Waals surface area contributed by atoms with Crippen LogP contribution in [-0.4, -0.2) is 25.5 Å². The average molecular weight is 451 g/mol. The quantitative estimate of drug-likeness (QED) is 0.499. The van der Waals surface area contributed by atoms with E-state index in [2.05, 4.69) is 17.0 Å². The van der Waals surface area contributed by atoms with Crippen molar-refractivity contribution in [3.05, 3.63) is 46.3 Å². The number of hydrogen-bond donors (Lipinski definition) is 3. The Hall–Kier alpha value is -1.90. The van der Waals surface area contributed by atoms with Crippen molar-refractivity contribution in [1.82, 2.24) is 5.32 Å². The first-order valence-corrected chi connectivity index (χ1v) is 12.7. The zero-order chi connectivity index (χ0) is 21.7. The number of carbonyl (C=O) groups is 1. The third-order valence-electron chi connectivity index (χ3n) is 5.64. The third kappa shape index (κ3) is 5.83. The molecule has 0 bridgehead atoms. The van der Waals surface area contributed by atoms with Gasteiger partial charge in [-0.3, -0.25) is 4.72 Å². The highest BCUT2D eigenvalue weighted by Crippen LogP contribution is 2.30. The van der Waals surface area contributed by atoms with Crippen LogP contribution in [0.5, 0.6) is 0 Å². The standard InChI is InChI=1S/C22H30N2O4S2/c1-15-12-20(21(25)26)29-22(15)30(27,28)24-19-11-7-6-10-18(19)14-23-16(2)13-17-8-4-3-5-9-17/h6-7,10-12,16-17,23-24H,3-5,8-9,13-14H2,1-2H3,(H,25,26)/t16-/m0/s1. The fraction of sp³-hybridized carbons (Fsp3) is 0.500. The van der Waals surface area contributed by atoms with Crippen molar-refractivity contribution < 1.29 is 18.3 Å². The van der Waals surface area contributed by atoms with E-state index in [1.165, 1.54) is 38.2 Å². The van der Waals surface area contributed by atoms with Crippen LogP contribution in [0.4, 0.5) is 5.69 Å². The highest BCUT2D eigenvalue weighted by Gasteiger charge is 2.23. The zero-order valence-corrected chi connectivity index (χ0v) is 19.1. The molecule has 30 heavy (non-hydrogen) atoms. The Morgan fingerprint density at radius 3 is 2.60 bits per heavy atom. The Morgan fingerprint density at radius 2 is 1.93 bits per heavy atom. The summed E-state index contributed by atoms with van der Waals surface area (Å²) in [4.78, 5) is 11.2. The molecule has 164 valence electrons. The molecule has 2 aromatic rings. The maximum Gasteiger partial charge on any atom is 0.345 e. The maximum absolute atomic E-state index is 12.9. The summed E-state index contributed by atoms with van der Waals surface area (Å²) in [5.74, 6) is -0.346. The van der Waals surface area contributed by atoms with E-state index >= 15 is 0 Å². The summed E-state index contributed by atoms with van der Waals surface area (Å²) in [7, 11) is -3.86. The van der Waals surface area contributed by atoms with Crippen molar-refractivity contribution >= 4 is 33.0 Å². The molecular weight excluding hydrogens is 420 g/mol. The van der Waals surface area contributed by atoms with Gasteiger partial charge in [0.05, 0.1) is 5.69 Å². The summed E-state index contributed by atoms with van der Waals surface area (Å²) in [6.07, 6.45) is 7.76. The number of aryl methyl sites for hydroxylation is 1. The molecule has 0 spiro atoms. The van der Waals surface area contributed by atoms with Crippen LogP contribution in [0.3, 0.4) is 0 Å². The monoisotopic (exact) mass is 450 g/mol. The van der Waals surface area contributed by atoms with Gasteiger partial charge >= 0.3 is 5.97 Å². The minimum absolute atomic E-state index is 0.0133. The number of sulfonamides is 1. The van der Waals surface area contributed by atoms with Crippen molar-refractivity contribution in [3.63, 3.8) is 0 Å². The summed E-state index contributed by atoms with van der Waals surface area (Å²) in [6, 6.07) is 9.07. The molecule has 3 rings (SSSR count). The second-order valence-electron chi connectivity index (χ2n) is 8.17. The lowest BCUT2D eigenvalue weighted by Gasteiger charge is -2.25. The molecule has 3 N–H and O–H groups in total. The predicted molar refractivity (Wildman–Crippen MR) is 121 cm³/mol. The minimum Gasteiger partial charge on any atom is -0.477 e. The van der Waals surface area contributed by atoms with Crippen molar-refractivity contribution in [2.24, 2.45) is 5.92 Å². The second-order valence-corrected chi connectivity index (χ2v) is 11.1. The molecule has 0 saturated heterocycles. The molecule has 1 aromatic heterocycles. The third-order valence-corrected chi connectivity index (χ3v) is 8.87. The fourth-order valence-electron chi connectivity index (χ4n) is 4.09. The largest absolute Gasteiger partial charge is 0.477 e. The molecule has 1 atom stereocenters. The topological polar surface area (TPSA) is 95.5 Å². The number of rotatable bonds is 9. The van der Waals surface area contributed by atoms with Crippen molar-refractivity contribution in [2.45, 2.75) is 69.2 Å². The SMILES string of the molecule is Cc1cc(C(=O)O)sc1S(=O)(=O)Nc1ccccc1CN[C@@H](C)CC1CCCCC1. The molecule has 1 aliphatic carbocycles. The Bertz CT molecular complexity index is 979. The number of thiophene rings is 1. The normalized spacial score (nSPS) is 16.3. The summed E-state index contributed by atoms with van der Waals surface area (Å²) in [5.41, 5.74) is 1.81. The lowest BCUT2D eigenvalue weighted by molar-refractivity contribution is 0.0702. The summed E-state index contributed by atoms with van der Waals surface area (Å²) < 4.78 is 28.5. The number of para-hydroxylation sites is 1. The summed E-state index contributed by atoms with van der Waals surface area (Å²) >= 11 is 0.772. The van der Waals surface area contributed by atoms with Crippen molar-refractivity contribution in [2.75, 3.05) is 4.72 Å². The predicted octanol–water partition coefficient (Wildman–Crippen LogP) is 5.00. The van der Waals surface area contributed by atoms with Gasteiger partial charge in [0.2, 0.25) is 0 Å². The van der Waals surface area contributed by atoms with Crippen LogP contribution >= 0.6 is 11.3 Å². The van der Waals surface area contributed by atoms with Gasteiger partial charge in [0.1, 0.15) is 9.09 Å². The van der Waals surface area contributed by atoms with Crippen LogP contribution < -0.4 is 10.0 Å². The van der Waals surface area contributed by atoms with Gasteiger partial charge in [-0.25, -0.2) is 13.2 Å². The van der Waals surface area contributed by atoms with E-state index in [0.29, 0.717) is 23.8 Å². The molecule has 1 aromatic carbocycles. The van der Waals surface area contributed by atoms with E-state index in [1.807, 2.05) is 12.1 Å². The smallest absolute Gasteiger partial charge is 0.345 e. The Morgan fingerprint density at radius 1 is 1.23 bits per heavy atom. The number of carboxylic acids is 1. The van der Waals surface area contributed by atoms with E-state index in [-0.39, 0.29) is 9.09 Å². The highest BCUT2D eigenvalue weighted by molar-refractivity contribution is 7.94. The fourth-order valence-corrected chi connectivity index (χ4v) is 6.73. The lowest BCUT2D eigenvalue weighted by Crippen LogP contribution is -2.29. The first kappa shape index (κ1) is 22.8. The van der Waals surface area contributed by atoms with E-state index < -0.39 is 16.0 Å². The lowest BCUT2D eigenvalue weighted by atomic mass is 9.85. The number of nitrogens with one attached hydrogen (secondary N) is 2. The summed E-state index contributed by atoms with van der Waals surface area (Å²) in [6.45, 7) is 4.36. The Kier molecular flexibility index (Phi) is 7.55. The molecule has 6 nitrogen and oxygen atoms in total. The van der Waals surface area contributed by atoms with Crippen molar-refractivity contribution in [1.29, 1.82) is 0 Å². The van der Waals surface area contributed by atoms with Crippen molar-refractivity contribution in [3.8, 4) is 0 Å². The number of hydrogen-bond acceptors (Lipinski definition) is 5. The van der Waals surface area contributed by atoms with Crippen LogP contribution in [0.2, 0.25) is 0 Å². The second kappa shape index (κ2) is 9.94. The molecule has 0 radical (unpaired) electrons. The van der Waals surface area contributed by atoms with E-state index in [1.54, 1.807) is 19.1 Å². The molecular formula is C22H30N2O4S2. The molecule has 1 aliphatic rings. The van der Waals surface area contributed by atoms with E-state index in [0.717, 1.165) is 29.2 Å². The molecule has 1 heterocycles. The van der Waals surface area contributed by atoms with Gasteiger partial charge in [0.15, 0.2) is 0 Å². The molecule has 0 unspecified atom stereocenters. The van der Waals surface area contributed by atoms with E-state index in [9.17, 15) is 13.2 Å². The number of benzene rings is 1. The molecule has 1 saturated carbocycles. The van der Waals surface area contributed by atoms with Crippen LogP contribution in [0, 0.1) is 12.8 Å². The van der Waals surface area contributed by atoms with Crippen LogP contribution in [0.15, 0.2) is 34.5 Å². The first-order valence-electron chi connectivity index (χ1n) is 10.4. The summed E-state index contributed by atoms with van der Waals surface area (Å²) in [5, 5.41) is 12.7. The van der Waals surface area contributed by atoms with Gasteiger partial charge in [-0.1, -0.05) is 50.3 Å². The maximum atomic E-state index is 12.9. The highest BCUT2D eigenvalue weighted by atomic mass is 32.2. The molecule has 0 amide bonds. The molecule has 1 fully saturated rings. The van der Waals surface area contributed by atoms with Gasteiger partial charge in [-0.15, -0.1) is 11.3 Å². The zero-order valence-electron chi connectivity index (χ0n) is 17.5. The van der Waals surface area contributed by atoms with Gasteiger partial charge in [0.25, 0.3) is 10.0 Å². The van der Waals surface area contributed by atoms with Gasteiger partial charge in [-0.2, -0.15) is 0 Å². The number of aromatic carboxylic acids is 1. The number of carboxylic acid groups (broad SMARTS) is 1. The molecule has 8 heteroatoms. The molecule has 0 aliphatic heterocycles. The van der Waals surface area contributed by atoms with E-state index in [4.69, 9.17) is 5.11 Å². The van der Waals surface area contributed by atoms with Gasteiger partial charge < -0.3 is 10.4 Å². The number of anilines is 1. The Balaban J connectivity index is 1.68. The first-order chi connectivity index (χ1) is 14.3. The van der Waals surface area contributed by atoms with Gasteiger partial charge in [-0.05, 0) is 49.4 Å². The van der Waals surface area contributed by atoms with Crippen LogP contribution in [0.25, 0.3) is 0 Å². The Labute approximate surface area is 182 Å². The minimum atomic E-state index is -3.86.